The number of hydrogen-bond donors (Lipinski definition) is 2. The van der Waals surface area contributed by atoms with Crippen molar-refractivity contribution in [2.24, 2.45) is 0 Å². The quantitative estimate of drug-likeness (QED) is 0.392. The average molecular weight is 445 g/mol. The summed E-state index contributed by atoms with van der Waals surface area (Å²) in [4.78, 5) is 29.2. The van der Waals surface area contributed by atoms with E-state index < -0.39 is 5.82 Å². The van der Waals surface area contributed by atoms with Gasteiger partial charge >= 0.3 is 0 Å². The van der Waals surface area contributed by atoms with Crippen LogP contribution in [-0.4, -0.2) is 24.5 Å². The molecule has 5 rings (SSSR count). The summed E-state index contributed by atoms with van der Waals surface area (Å²) < 4.78 is 16.2. The van der Waals surface area contributed by atoms with E-state index in [-0.39, 0.29) is 17.3 Å². The van der Waals surface area contributed by atoms with Gasteiger partial charge in [0.1, 0.15) is 17.7 Å². The number of hydrogen-bond acceptors (Lipinski definition) is 5. The van der Waals surface area contributed by atoms with Crippen molar-refractivity contribution in [1.82, 2.24) is 24.5 Å². The molecular weight excluding hydrogens is 419 g/mol. The Hall–Kier alpha value is -4.07. The SMILES string of the molecule is CC.Cc1cccc2cc(C(C)Nc3ncnc4nc[nH]c34)n(-c3ccccc3F)c(=O)c12. The minimum absolute atomic E-state index is 0.204. The second-order valence-corrected chi connectivity index (χ2v) is 7.39. The molecule has 33 heavy (non-hydrogen) atoms. The van der Waals surface area contributed by atoms with E-state index in [4.69, 9.17) is 0 Å². The number of imidazole rings is 1. The molecule has 8 heteroatoms. The van der Waals surface area contributed by atoms with E-state index >= 15 is 0 Å². The molecule has 1 unspecified atom stereocenters. The third kappa shape index (κ3) is 3.95. The molecule has 0 fully saturated rings. The van der Waals surface area contributed by atoms with Crippen LogP contribution < -0.4 is 10.9 Å². The zero-order valence-electron chi connectivity index (χ0n) is 18.9. The number of para-hydroxylation sites is 1. The van der Waals surface area contributed by atoms with Gasteiger partial charge in [-0.25, -0.2) is 19.3 Å². The van der Waals surface area contributed by atoms with E-state index in [1.165, 1.54) is 17.0 Å². The Labute approximate surface area is 190 Å². The molecule has 2 aromatic carbocycles. The van der Waals surface area contributed by atoms with Crippen molar-refractivity contribution in [3.05, 3.63) is 88.6 Å². The summed E-state index contributed by atoms with van der Waals surface area (Å²) in [5.74, 6) is 0.0795. The van der Waals surface area contributed by atoms with E-state index in [9.17, 15) is 9.18 Å². The molecule has 1 atom stereocenters. The lowest BCUT2D eigenvalue weighted by Gasteiger charge is -2.22. The molecule has 0 aliphatic rings. The molecule has 2 N–H and O–H groups in total. The standard InChI is InChI=1S/C23H19FN6O.C2H6/c1-13-6-5-7-15-10-18(14(2)29-22-20-21(26-11-25-20)27-12-28-22)30(23(31)19(13)15)17-9-4-3-8-16(17)24;1-2/h3-12,14H,1-2H3,(H2,25,26,27,28,29);1-2H3. The Kier molecular flexibility index (Phi) is 6.17. The highest BCUT2D eigenvalue weighted by atomic mass is 19.1. The normalized spacial score (nSPS) is 11.8. The molecule has 0 saturated carbocycles. The number of nitrogens with zero attached hydrogens (tertiary/aromatic N) is 4. The average Bonchev–Trinajstić information content (AvgIpc) is 3.31. The molecule has 168 valence electrons. The maximum atomic E-state index is 14.8. The molecule has 7 nitrogen and oxygen atoms in total. The summed E-state index contributed by atoms with van der Waals surface area (Å²) >= 11 is 0. The van der Waals surface area contributed by atoms with Gasteiger partial charge in [-0.05, 0) is 43.0 Å². The molecule has 0 aliphatic carbocycles. The number of aromatic amines is 1. The van der Waals surface area contributed by atoms with Gasteiger partial charge in [0.05, 0.1) is 23.4 Å². The molecule has 3 heterocycles. The van der Waals surface area contributed by atoms with Crippen LogP contribution in [0.4, 0.5) is 10.2 Å². The number of benzene rings is 2. The second-order valence-electron chi connectivity index (χ2n) is 7.39. The number of rotatable bonds is 4. The van der Waals surface area contributed by atoms with Crippen LogP contribution in [0.25, 0.3) is 27.6 Å². The predicted octanol–water partition coefficient (Wildman–Crippen LogP) is 5.30. The van der Waals surface area contributed by atoms with Crippen molar-refractivity contribution >= 4 is 27.8 Å². The molecule has 0 radical (unpaired) electrons. The van der Waals surface area contributed by atoms with Crippen LogP contribution in [0.15, 0.2) is 66.0 Å². The maximum absolute atomic E-state index is 14.8. The van der Waals surface area contributed by atoms with Gasteiger partial charge in [0.25, 0.3) is 5.56 Å². The summed E-state index contributed by atoms with van der Waals surface area (Å²) in [6.07, 6.45) is 2.97. The van der Waals surface area contributed by atoms with Gasteiger partial charge in [-0.2, -0.15) is 0 Å². The molecule has 0 amide bonds. The molecular formula is C25H25FN6O. The van der Waals surface area contributed by atoms with Gasteiger partial charge in [0.15, 0.2) is 11.5 Å². The summed E-state index contributed by atoms with van der Waals surface area (Å²) in [6.45, 7) is 7.78. The van der Waals surface area contributed by atoms with Gasteiger partial charge < -0.3 is 10.3 Å². The first-order valence-corrected chi connectivity index (χ1v) is 10.9. The molecule has 3 aromatic heterocycles. The Balaban J connectivity index is 0.00000126. The van der Waals surface area contributed by atoms with Gasteiger partial charge in [0, 0.05) is 5.69 Å². The first-order chi connectivity index (χ1) is 16.0. The number of fused-ring (bicyclic) bond motifs is 2. The summed E-state index contributed by atoms with van der Waals surface area (Å²) in [6, 6.07) is 13.5. The first kappa shape index (κ1) is 22.1. The van der Waals surface area contributed by atoms with Crippen LogP contribution in [0.5, 0.6) is 0 Å². The van der Waals surface area contributed by atoms with Crippen molar-refractivity contribution in [3.8, 4) is 5.69 Å². The number of anilines is 1. The number of aromatic nitrogens is 5. The highest BCUT2D eigenvalue weighted by molar-refractivity contribution is 5.86. The zero-order valence-corrected chi connectivity index (χ0v) is 18.9. The van der Waals surface area contributed by atoms with Gasteiger partial charge in [-0.15, -0.1) is 0 Å². The van der Waals surface area contributed by atoms with Crippen molar-refractivity contribution in [2.45, 2.75) is 33.7 Å². The monoisotopic (exact) mass is 444 g/mol. The van der Waals surface area contributed by atoms with Crippen molar-refractivity contribution < 1.29 is 4.39 Å². The highest BCUT2D eigenvalue weighted by Gasteiger charge is 2.20. The summed E-state index contributed by atoms with van der Waals surface area (Å²) in [7, 11) is 0. The number of H-pyrrole nitrogens is 1. The fourth-order valence-corrected chi connectivity index (χ4v) is 3.91. The van der Waals surface area contributed by atoms with E-state index in [1.807, 2.05) is 52.0 Å². The number of aryl methyl sites for hydroxylation is 1. The van der Waals surface area contributed by atoms with Crippen LogP contribution in [0.3, 0.4) is 0 Å². The lowest BCUT2D eigenvalue weighted by molar-refractivity contribution is 0.611. The van der Waals surface area contributed by atoms with Crippen LogP contribution in [0.2, 0.25) is 0 Å². The second kappa shape index (κ2) is 9.20. The maximum Gasteiger partial charge on any atom is 0.263 e. The lowest BCUT2D eigenvalue weighted by Crippen LogP contribution is -2.26. The minimum Gasteiger partial charge on any atom is -0.360 e. The van der Waals surface area contributed by atoms with E-state index in [0.29, 0.717) is 28.1 Å². The molecule has 0 spiro atoms. The Morgan fingerprint density at radius 2 is 1.85 bits per heavy atom. The van der Waals surface area contributed by atoms with Crippen molar-refractivity contribution in [3.63, 3.8) is 0 Å². The molecule has 0 aliphatic heterocycles. The van der Waals surface area contributed by atoms with Crippen LogP contribution in [0, 0.1) is 12.7 Å². The molecule has 0 bridgehead atoms. The predicted molar refractivity (Wildman–Crippen MR) is 129 cm³/mol. The fraction of sp³-hybridized carbons (Fsp3) is 0.200. The largest absolute Gasteiger partial charge is 0.360 e. The summed E-state index contributed by atoms with van der Waals surface area (Å²) in [5.41, 5.74) is 2.58. The first-order valence-electron chi connectivity index (χ1n) is 10.9. The van der Waals surface area contributed by atoms with Crippen molar-refractivity contribution in [1.29, 1.82) is 0 Å². The Morgan fingerprint density at radius 1 is 1.06 bits per heavy atom. The van der Waals surface area contributed by atoms with Crippen LogP contribution in [-0.2, 0) is 0 Å². The molecule has 5 aromatic rings. The topological polar surface area (TPSA) is 88.5 Å². The van der Waals surface area contributed by atoms with E-state index in [0.717, 1.165) is 10.9 Å². The highest BCUT2D eigenvalue weighted by Crippen LogP contribution is 2.27. The van der Waals surface area contributed by atoms with Gasteiger partial charge in [-0.3, -0.25) is 9.36 Å². The smallest absolute Gasteiger partial charge is 0.263 e. The van der Waals surface area contributed by atoms with Crippen molar-refractivity contribution in [2.75, 3.05) is 5.32 Å². The van der Waals surface area contributed by atoms with E-state index in [2.05, 4.69) is 25.3 Å². The Morgan fingerprint density at radius 3 is 2.64 bits per heavy atom. The van der Waals surface area contributed by atoms with Gasteiger partial charge in [-0.1, -0.05) is 44.2 Å². The number of nitrogens with one attached hydrogen (secondary N) is 2. The number of halogens is 1. The molecule has 0 saturated heterocycles. The fourth-order valence-electron chi connectivity index (χ4n) is 3.91. The summed E-state index contributed by atoms with van der Waals surface area (Å²) in [5, 5.41) is 4.69. The Bertz CT molecular complexity index is 1490. The third-order valence-electron chi connectivity index (χ3n) is 5.40. The number of pyridine rings is 1. The van der Waals surface area contributed by atoms with E-state index in [1.54, 1.807) is 24.5 Å². The minimum atomic E-state index is -0.469. The zero-order chi connectivity index (χ0) is 23.5. The van der Waals surface area contributed by atoms with Crippen LogP contribution >= 0.6 is 0 Å². The lowest BCUT2D eigenvalue weighted by atomic mass is 10.0. The third-order valence-corrected chi connectivity index (χ3v) is 5.40. The van der Waals surface area contributed by atoms with Crippen LogP contribution in [0.1, 0.15) is 38.1 Å². The van der Waals surface area contributed by atoms with Gasteiger partial charge in [0.2, 0.25) is 0 Å².